The Morgan fingerprint density at radius 3 is 2.76 bits per heavy atom. The summed E-state index contributed by atoms with van der Waals surface area (Å²) in [5.41, 5.74) is 0.707. The smallest absolute Gasteiger partial charge is 0.269 e. The Kier molecular flexibility index (Phi) is 4.86. The van der Waals surface area contributed by atoms with E-state index in [0.29, 0.717) is 17.1 Å². The lowest BCUT2D eigenvalue weighted by molar-refractivity contribution is -0.384. The molecule has 1 atom stereocenters. The first-order valence-electron chi connectivity index (χ1n) is 5.19. The molecule has 1 rings (SSSR count). The SMILES string of the molecule is CC(CO)N(C)Cc1cc([N+](=O)[O-])ccc1Cl. The van der Waals surface area contributed by atoms with Crippen LogP contribution in [0.5, 0.6) is 0 Å². The summed E-state index contributed by atoms with van der Waals surface area (Å²) in [6.07, 6.45) is 0. The van der Waals surface area contributed by atoms with Gasteiger partial charge in [-0.1, -0.05) is 11.6 Å². The molecule has 0 aliphatic carbocycles. The Balaban J connectivity index is 2.89. The maximum atomic E-state index is 10.6. The number of hydrogen-bond donors (Lipinski definition) is 1. The Morgan fingerprint density at radius 2 is 2.24 bits per heavy atom. The molecule has 0 heterocycles. The lowest BCUT2D eigenvalue weighted by atomic mass is 10.1. The predicted molar refractivity (Wildman–Crippen MR) is 66.1 cm³/mol. The molecule has 6 heteroatoms. The van der Waals surface area contributed by atoms with Crippen LogP contribution in [0.25, 0.3) is 0 Å². The van der Waals surface area contributed by atoms with Crippen LogP contribution in [0.3, 0.4) is 0 Å². The first-order valence-corrected chi connectivity index (χ1v) is 5.57. The molecule has 0 aliphatic rings. The Hall–Kier alpha value is -1.17. The zero-order valence-electron chi connectivity index (χ0n) is 9.76. The summed E-state index contributed by atoms with van der Waals surface area (Å²) in [5.74, 6) is 0. The van der Waals surface area contributed by atoms with Gasteiger partial charge in [0.05, 0.1) is 11.5 Å². The van der Waals surface area contributed by atoms with E-state index in [-0.39, 0.29) is 18.3 Å². The van der Waals surface area contributed by atoms with Crippen molar-refractivity contribution >= 4 is 17.3 Å². The highest BCUT2D eigenvalue weighted by molar-refractivity contribution is 6.31. The van der Waals surface area contributed by atoms with E-state index in [9.17, 15) is 10.1 Å². The lowest BCUT2D eigenvalue weighted by Crippen LogP contribution is -2.31. The number of nitro groups is 1. The van der Waals surface area contributed by atoms with Gasteiger partial charge >= 0.3 is 0 Å². The van der Waals surface area contributed by atoms with E-state index in [2.05, 4.69) is 0 Å². The minimum Gasteiger partial charge on any atom is -0.395 e. The Labute approximate surface area is 105 Å². The third kappa shape index (κ3) is 3.66. The van der Waals surface area contributed by atoms with E-state index in [1.807, 2.05) is 18.9 Å². The van der Waals surface area contributed by atoms with Gasteiger partial charge in [-0.3, -0.25) is 15.0 Å². The molecule has 0 saturated heterocycles. The number of aliphatic hydroxyl groups excluding tert-OH is 1. The molecule has 0 aromatic heterocycles. The molecule has 1 unspecified atom stereocenters. The first kappa shape index (κ1) is 13.9. The van der Waals surface area contributed by atoms with Crippen LogP contribution < -0.4 is 0 Å². The molecule has 0 amide bonds. The zero-order chi connectivity index (χ0) is 13.0. The van der Waals surface area contributed by atoms with Gasteiger partial charge in [0.1, 0.15) is 0 Å². The van der Waals surface area contributed by atoms with E-state index < -0.39 is 4.92 Å². The molecule has 0 aliphatic heterocycles. The fourth-order valence-electron chi connectivity index (χ4n) is 1.36. The summed E-state index contributed by atoms with van der Waals surface area (Å²) < 4.78 is 0. The van der Waals surface area contributed by atoms with Crippen molar-refractivity contribution in [3.63, 3.8) is 0 Å². The summed E-state index contributed by atoms with van der Waals surface area (Å²) in [4.78, 5) is 12.1. The largest absolute Gasteiger partial charge is 0.395 e. The summed E-state index contributed by atoms with van der Waals surface area (Å²) >= 11 is 5.98. The molecule has 1 aromatic carbocycles. The quantitative estimate of drug-likeness (QED) is 0.648. The Bertz CT molecular complexity index is 412. The van der Waals surface area contributed by atoms with E-state index >= 15 is 0 Å². The maximum absolute atomic E-state index is 10.6. The summed E-state index contributed by atoms with van der Waals surface area (Å²) in [5, 5.41) is 20.2. The molecule has 0 radical (unpaired) electrons. The van der Waals surface area contributed by atoms with E-state index in [1.54, 1.807) is 0 Å². The molecule has 0 fully saturated rings. The van der Waals surface area contributed by atoms with Crippen LogP contribution in [0.4, 0.5) is 5.69 Å². The highest BCUT2D eigenvalue weighted by atomic mass is 35.5. The van der Waals surface area contributed by atoms with Crippen LogP contribution in [0.2, 0.25) is 5.02 Å². The van der Waals surface area contributed by atoms with Crippen molar-refractivity contribution in [1.82, 2.24) is 4.90 Å². The van der Waals surface area contributed by atoms with Crippen molar-refractivity contribution in [2.24, 2.45) is 0 Å². The third-order valence-corrected chi connectivity index (χ3v) is 3.05. The zero-order valence-corrected chi connectivity index (χ0v) is 10.5. The predicted octanol–water partition coefficient (Wildman–Crippen LogP) is 2.06. The molecular formula is C11H15ClN2O3. The van der Waals surface area contributed by atoms with Crippen molar-refractivity contribution in [1.29, 1.82) is 0 Å². The monoisotopic (exact) mass is 258 g/mol. The third-order valence-electron chi connectivity index (χ3n) is 2.68. The average molecular weight is 259 g/mol. The van der Waals surface area contributed by atoms with Crippen molar-refractivity contribution < 1.29 is 10.0 Å². The van der Waals surface area contributed by atoms with Gasteiger partial charge in [0.15, 0.2) is 0 Å². The van der Waals surface area contributed by atoms with Crippen LogP contribution in [-0.4, -0.2) is 34.6 Å². The van der Waals surface area contributed by atoms with Crippen molar-refractivity contribution in [3.8, 4) is 0 Å². The van der Waals surface area contributed by atoms with E-state index in [4.69, 9.17) is 16.7 Å². The molecule has 94 valence electrons. The molecule has 0 spiro atoms. The maximum Gasteiger partial charge on any atom is 0.269 e. The minimum absolute atomic E-state index is 0.0226. The fourth-order valence-corrected chi connectivity index (χ4v) is 1.54. The van der Waals surface area contributed by atoms with Gasteiger partial charge in [0.25, 0.3) is 5.69 Å². The number of aliphatic hydroxyl groups is 1. The van der Waals surface area contributed by atoms with Crippen LogP contribution in [0.15, 0.2) is 18.2 Å². The second-order valence-corrected chi connectivity index (χ2v) is 4.39. The minimum atomic E-state index is -0.449. The number of halogens is 1. The van der Waals surface area contributed by atoms with Crippen LogP contribution >= 0.6 is 11.6 Å². The topological polar surface area (TPSA) is 66.6 Å². The van der Waals surface area contributed by atoms with Gasteiger partial charge in [-0.15, -0.1) is 0 Å². The average Bonchev–Trinajstić information content (AvgIpc) is 2.30. The van der Waals surface area contributed by atoms with Crippen LogP contribution in [-0.2, 0) is 6.54 Å². The summed E-state index contributed by atoms with van der Waals surface area (Å²) in [6.45, 7) is 2.36. The number of hydrogen-bond acceptors (Lipinski definition) is 4. The van der Waals surface area contributed by atoms with Gasteiger partial charge < -0.3 is 5.11 Å². The van der Waals surface area contributed by atoms with E-state index in [1.165, 1.54) is 18.2 Å². The van der Waals surface area contributed by atoms with Crippen molar-refractivity contribution in [2.45, 2.75) is 19.5 Å². The van der Waals surface area contributed by atoms with Gasteiger partial charge in [0, 0.05) is 29.7 Å². The van der Waals surface area contributed by atoms with Gasteiger partial charge in [-0.05, 0) is 25.6 Å². The lowest BCUT2D eigenvalue weighted by Gasteiger charge is -2.23. The summed E-state index contributed by atoms with van der Waals surface area (Å²) in [6, 6.07) is 4.34. The van der Waals surface area contributed by atoms with E-state index in [0.717, 1.165) is 0 Å². The molecule has 1 N–H and O–H groups in total. The highest BCUT2D eigenvalue weighted by Gasteiger charge is 2.14. The van der Waals surface area contributed by atoms with Crippen molar-refractivity contribution in [2.75, 3.05) is 13.7 Å². The number of rotatable bonds is 5. The number of benzene rings is 1. The molecule has 1 aromatic rings. The first-order chi connectivity index (χ1) is 7.95. The Morgan fingerprint density at radius 1 is 1.59 bits per heavy atom. The number of likely N-dealkylation sites (N-methyl/N-ethyl adjacent to an activating group) is 1. The van der Waals surface area contributed by atoms with Crippen LogP contribution in [0, 0.1) is 10.1 Å². The number of nitro benzene ring substituents is 1. The molecule has 5 nitrogen and oxygen atoms in total. The van der Waals surface area contributed by atoms with Gasteiger partial charge in [-0.25, -0.2) is 0 Å². The molecular weight excluding hydrogens is 244 g/mol. The highest BCUT2D eigenvalue weighted by Crippen LogP contribution is 2.23. The van der Waals surface area contributed by atoms with Gasteiger partial charge in [-0.2, -0.15) is 0 Å². The number of nitrogens with zero attached hydrogens (tertiary/aromatic N) is 2. The molecule has 17 heavy (non-hydrogen) atoms. The summed E-state index contributed by atoms with van der Waals surface area (Å²) in [7, 11) is 1.83. The normalized spacial score (nSPS) is 12.8. The molecule has 0 bridgehead atoms. The fraction of sp³-hybridized carbons (Fsp3) is 0.455. The second-order valence-electron chi connectivity index (χ2n) is 3.98. The second kappa shape index (κ2) is 5.95. The molecule has 0 saturated carbocycles. The van der Waals surface area contributed by atoms with Gasteiger partial charge in [0.2, 0.25) is 0 Å². The van der Waals surface area contributed by atoms with Crippen LogP contribution in [0.1, 0.15) is 12.5 Å². The number of non-ortho nitro benzene ring substituents is 1. The van der Waals surface area contributed by atoms with Crippen molar-refractivity contribution in [3.05, 3.63) is 38.9 Å². The standard InChI is InChI=1S/C11H15ClN2O3/c1-8(7-15)13(2)6-9-5-10(14(16)17)3-4-11(9)12/h3-5,8,15H,6-7H2,1-2H3.